The Bertz CT molecular complexity index is 691. The summed E-state index contributed by atoms with van der Waals surface area (Å²) < 4.78 is 18.9. The van der Waals surface area contributed by atoms with Crippen LogP contribution >= 0.6 is 0 Å². The molecule has 1 aliphatic rings. The molecule has 1 unspecified atom stereocenters. The summed E-state index contributed by atoms with van der Waals surface area (Å²) >= 11 is 0. The zero-order chi connectivity index (χ0) is 14.2. The zero-order valence-electron chi connectivity index (χ0n) is 10.6. The van der Waals surface area contributed by atoms with Crippen molar-refractivity contribution in [3.8, 4) is 6.07 Å². The molecule has 0 saturated carbocycles. The lowest BCUT2D eigenvalue weighted by Crippen LogP contribution is -2.31. The third-order valence-electron chi connectivity index (χ3n) is 3.68. The Hall–Kier alpha value is -2.22. The molecule has 20 heavy (non-hydrogen) atoms. The van der Waals surface area contributed by atoms with E-state index in [0.29, 0.717) is 17.7 Å². The van der Waals surface area contributed by atoms with Gasteiger partial charge in [0.2, 0.25) is 0 Å². The first kappa shape index (κ1) is 12.8. The summed E-state index contributed by atoms with van der Waals surface area (Å²) in [5.74, 6) is -0.333. The van der Waals surface area contributed by atoms with Crippen LogP contribution in [0.2, 0.25) is 0 Å². The van der Waals surface area contributed by atoms with E-state index in [2.05, 4.69) is 6.07 Å². The molecule has 100 valence electrons. The monoisotopic (exact) mass is 269 g/mol. The average Bonchev–Trinajstić information content (AvgIpc) is 2.87. The Balaban J connectivity index is 2.14. The van der Waals surface area contributed by atoms with E-state index in [9.17, 15) is 9.50 Å². The normalized spacial score (nSPS) is 20.4. The van der Waals surface area contributed by atoms with E-state index in [-0.39, 0.29) is 12.4 Å². The van der Waals surface area contributed by atoms with Crippen LogP contribution in [0.15, 0.2) is 42.5 Å². The van der Waals surface area contributed by atoms with Gasteiger partial charge in [0.25, 0.3) is 0 Å². The van der Waals surface area contributed by atoms with E-state index >= 15 is 0 Å². The number of rotatable bonds is 2. The Kier molecular flexibility index (Phi) is 3.01. The number of fused-ring (bicyclic) bond motifs is 1. The molecule has 0 bridgehead atoms. The highest BCUT2D eigenvalue weighted by Crippen LogP contribution is 2.41. The van der Waals surface area contributed by atoms with E-state index < -0.39 is 5.60 Å². The SMILES string of the molecule is N#Cc1ccc2c(c1)COC2(CO)c1ccc(F)cc1. The Labute approximate surface area is 115 Å². The fourth-order valence-electron chi connectivity index (χ4n) is 2.64. The summed E-state index contributed by atoms with van der Waals surface area (Å²) in [5.41, 5.74) is 1.98. The van der Waals surface area contributed by atoms with Crippen LogP contribution in [0.25, 0.3) is 0 Å². The standard InChI is InChI=1S/C16H12FNO2/c17-14-4-2-13(3-5-14)16(10-19)15-6-1-11(8-18)7-12(15)9-20-16/h1-7,19H,9-10H2. The van der Waals surface area contributed by atoms with Crippen LogP contribution in [0, 0.1) is 17.1 Å². The molecule has 0 aliphatic carbocycles. The van der Waals surface area contributed by atoms with Crippen molar-refractivity contribution in [1.82, 2.24) is 0 Å². The van der Waals surface area contributed by atoms with Gasteiger partial charge in [0, 0.05) is 0 Å². The quantitative estimate of drug-likeness (QED) is 0.911. The van der Waals surface area contributed by atoms with Crippen LogP contribution in [0.3, 0.4) is 0 Å². The molecule has 0 aromatic heterocycles. The number of halogens is 1. The molecule has 1 aliphatic heterocycles. The maximum absolute atomic E-state index is 13.1. The Morgan fingerprint density at radius 1 is 1.25 bits per heavy atom. The minimum Gasteiger partial charge on any atom is -0.393 e. The second kappa shape index (κ2) is 4.71. The molecular weight excluding hydrogens is 257 g/mol. The predicted molar refractivity (Wildman–Crippen MR) is 70.2 cm³/mol. The number of nitriles is 1. The van der Waals surface area contributed by atoms with Gasteiger partial charge in [-0.2, -0.15) is 5.26 Å². The first-order valence-electron chi connectivity index (χ1n) is 6.24. The van der Waals surface area contributed by atoms with E-state index in [1.807, 2.05) is 0 Å². The second-order valence-corrected chi connectivity index (χ2v) is 4.76. The molecule has 0 fully saturated rings. The summed E-state index contributed by atoms with van der Waals surface area (Å²) in [4.78, 5) is 0. The fourth-order valence-corrected chi connectivity index (χ4v) is 2.64. The molecule has 1 N–H and O–H groups in total. The number of nitrogens with zero attached hydrogens (tertiary/aromatic N) is 1. The van der Waals surface area contributed by atoms with Crippen LogP contribution in [0.5, 0.6) is 0 Å². The third kappa shape index (κ3) is 1.80. The van der Waals surface area contributed by atoms with Crippen molar-refractivity contribution in [2.75, 3.05) is 6.61 Å². The first-order valence-corrected chi connectivity index (χ1v) is 6.24. The summed E-state index contributed by atoms with van der Waals surface area (Å²) in [7, 11) is 0. The van der Waals surface area contributed by atoms with Gasteiger partial charge < -0.3 is 9.84 Å². The molecule has 0 spiro atoms. The van der Waals surface area contributed by atoms with Crippen molar-refractivity contribution < 1.29 is 14.2 Å². The van der Waals surface area contributed by atoms with Gasteiger partial charge in [-0.3, -0.25) is 0 Å². The van der Waals surface area contributed by atoms with Crippen molar-refractivity contribution in [1.29, 1.82) is 5.26 Å². The summed E-state index contributed by atoms with van der Waals surface area (Å²) in [6, 6.07) is 13.2. The van der Waals surface area contributed by atoms with Crippen molar-refractivity contribution >= 4 is 0 Å². The lowest BCUT2D eigenvalue weighted by molar-refractivity contribution is -0.0438. The molecule has 2 aromatic carbocycles. The van der Waals surface area contributed by atoms with Gasteiger partial charge in [-0.1, -0.05) is 18.2 Å². The summed E-state index contributed by atoms with van der Waals surface area (Å²) in [6.45, 7) is 0.0837. The maximum Gasteiger partial charge on any atom is 0.142 e. The molecule has 3 nitrogen and oxygen atoms in total. The molecular formula is C16H12FNO2. The molecule has 1 atom stereocenters. The second-order valence-electron chi connectivity index (χ2n) is 4.76. The largest absolute Gasteiger partial charge is 0.393 e. The van der Waals surface area contributed by atoms with Crippen LogP contribution < -0.4 is 0 Å². The molecule has 0 radical (unpaired) electrons. The third-order valence-corrected chi connectivity index (χ3v) is 3.68. The lowest BCUT2D eigenvalue weighted by atomic mass is 9.86. The van der Waals surface area contributed by atoms with Crippen LogP contribution in [0.4, 0.5) is 4.39 Å². The van der Waals surface area contributed by atoms with Crippen molar-refractivity contribution in [3.63, 3.8) is 0 Å². The van der Waals surface area contributed by atoms with E-state index in [1.54, 1.807) is 30.3 Å². The molecule has 1 heterocycles. The number of aliphatic hydroxyl groups is 1. The van der Waals surface area contributed by atoms with Gasteiger partial charge in [0.1, 0.15) is 11.4 Å². The van der Waals surface area contributed by atoms with Crippen LogP contribution in [-0.4, -0.2) is 11.7 Å². The van der Waals surface area contributed by atoms with Gasteiger partial charge in [0.05, 0.1) is 24.8 Å². The minimum absolute atomic E-state index is 0.239. The van der Waals surface area contributed by atoms with Crippen LogP contribution in [0.1, 0.15) is 22.3 Å². The fraction of sp³-hybridized carbons (Fsp3) is 0.188. The number of ether oxygens (including phenoxy) is 1. The van der Waals surface area contributed by atoms with Gasteiger partial charge in [-0.25, -0.2) is 4.39 Å². The summed E-state index contributed by atoms with van der Waals surface area (Å²) in [5, 5.41) is 18.8. The average molecular weight is 269 g/mol. The molecule has 2 aromatic rings. The zero-order valence-corrected chi connectivity index (χ0v) is 10.6. The number of hydrogen-bond acceptors (Lipinski definition) is 3. The first-order chi connectivity index (χ1) is 9.69. The Morgan fingerprint density at radius 2 is 2.00 bits per heavy atom. The van der Waals surface area contributed by atoms with E-state index in [1.165, 1.54) is 12.1 Å². The number of hydrogen-bond donors (Lipinski definition) is 1. The topological polar surface area (TPSA) is 53.2 Å². The highest BCUT2D eigenvalue weighted by molar-refractivity contribution is 5.48. The van der Waals surface area contributed by atoms with E-state index in [4.69, 9.17) is 10.00 Å². The highest BCUT2D eigenvalue weighted by Gasteiger charge is 2.41. The van der Waals surface area contributed by atoms with Crippen molar-refractivity contribution in [2.24, 2.45) is 0 Å². The van der Waals surface area contributed by atoms with Gasteiger partial charge in [0.15, 0.2) is 0 Å². The van der Waals surface area contributed by atoms with Gasteiger partial charge >= 0.3 is 0 Å². The maximum atomic E-state index is 13.1. The number of benzene rings is 2. The van der Waals surface area contributed by atoms with E-state index in [0.717, 1.165) is 11.1 Å². The Morgan fingerprint density at radius 3 is 2.65 bits per heavy atom. The molecule has 4 heteroatoms. The molecule has 3 rings (SSSR count). The molecule has 0 saturated heterocycles. The smallest absolute Gasteiger partial charge is 0.142 e. The highest BCUT2D eigenvalue weighted by atomic mass is 19.1. The predicted octanol–water partition coefficient (Wildman–Crippen LogP) is 2.46. The van der Waals surface area contributed by atoms with Gasteiger partial charge in [-0.15, -0.1) is 0 Å². The van der Waals surface area contributed by atoms with Crippen LogP contribution in [-0.2, 0) is 16.9 Å². The number of aliphatic hydroxyl groups excluding tert-OH is 1. The lowest BCUT2D eigenvalue weighted by Gasteiger charge is -2.28. The molecule has 0 amide bonds. The summed E-state index contributed by atoms with van der Waals surface area (Å²) in [6.07, 6.45) is 0. The van der Waals surface area contributed by atoms with Crippen molar-refractivity contribution in [2.45, 2.75) is 12.2 Å². The van der Waals surface area contributed by atoms with Crippen molar-refractivity contribution in [3.05, 3.63) is 70.5 Å². The minimum atomic E-state index is -0.975. The van der Waals surface area contributed by atoms with Gasteiger partial charge in [-0.05, 0) is 41.0 Å².